The quantitative estimate of drug-likeness (QED) is 0.577. The van der Waals surface area contributed by atoms with Gasteiger partial charge in [0.1, 0.15) is 11.6 Å². The van der Waals surface area contributed by atoms with Crippen LogP contribution in [0.1, 0.15) is 11.1 Å². The lowest BCUT2D eigenvalue weighted by Crippen LogP contribution is -1.97. The number of hydrogen-bond donors (Lipinski definition) is 1. The molecule has 0 unspecified atom stereocenters. The zero-order valence-electron chi connectivity index (χ0n) is 7.64. The van der Waals surface area contributed by atoms with E-state index in [-0.39, 0.29) is 5.57 Å². The third-order valence-electron chi connectivity index (χ3n) is 1.70. The second-order valence-electron chi connectivity index (χ2n) is 2.71. The summed E-state index contributed by atoms with van der Waals surface area (Å²) < 4.78 is 0. The highest BCUT2D eigenvalue weighted by Crippen LogP contribution is 2.08. The molecule has 4 heteroatoms. The van der Waals surface area contributed by atoms with Crippen LogP contribution in [0.3, 0.4) is 0 Å². The summed E-state index contributed by atoms with van der Waals surface area (Å²) in [6, 6.07) is 9.80. The second-order valence-corrected chi connectivity index (χ2v) is 2.71. The number of rotatable bonds is 2. The fourth-order valence-corrected chi connectivity index (χ4v) is 0.962. The number of nitrogens with zero attached hydrogens (tertiary/aromatic N) is 2. The summed E-state index contributed by atoms with van der Waals surface area (Å²) in [5.74, 6) is -1.26. The highest BCUT2D eigenvalue weighted by atomic mass is 16.4. The van der Waals surface area contributed by atoms with Crippen LogP contribution in [0.5, 0.6) is 0 Å². The minimum atomic E-state index is -1.26. The third kappa shape index (κ3) is 2.68. The summed E-state index contributed by atoms with van der Waals surface area (Å²) in [4.78, 5) is 10.5. The van der Waals surface area contributed by atoms with E-state index in [9.17, 15) is 4.79 Å². The average Bonchev–Trinajstić information content (AvgIpc) is 2.26. The minimum Gasteiger partial charge on any atom is -0.477 e. The van der Waals surface area contributed by atoms with Gasteiger partial charge in [-0.05, 0) is 23.8 Å². The van der Waals surface area contributed by atoms with Crippen LogP contribution in [-0.4, -0.2) is 11.1 Å². The lowest BCUT2D eigenvalue weighted by atomic mass is 10.1. The number of benzene rings is 1. The Morgan fingerprint density at radius 3 is 2.27 bits per heavy atom. The molecule has 0 atom stereocenters. The Morgan fingerprint density at radius 1 is 1.27 bits per heavy atom. The van der Waals surface area contributed by atoms with E-state index in [4.69, 9.17) is 15.6 Å². The van der Waals surface area contributed by atoms with Crippen molar-refractivity contribution in [3.05, 3.63) is 41.0 Å². The summed E-state index contributed by atoms with van der Waals surface area (Å²) >= 11 is 0. The maximum absolute atomic E-state index is 10.5. The molecular formula is C11H6N2O2. The SMILES string of the molecule is N#CC(=Cc1ccc(C#N)cc1)C(=O)O. The Bertz CT molecular complexity index is 487. The van der Waals surface area contributed by atoms with E-state index in [1.807, 2.05) is 6.07 Å². The number of hydrogen-bond acceptors (Lipinski definition) is 3. The largest absolute Gasteiger partial charge is 0.477 e. The summed E-state index contributed by atoms with van der Waals surface area (Å²) in [5.41, 5.74) is 0.730. The van der Waals surface area contributed by atoms with Gasteiger partial charge in [-0.3, -0.25) is 0 Å². The number of aliphatic carboxylic acids is 1. The predicted octanol–water partition coefficient (Wildman–Crippen LogP) is 1.55. The van der Waals surface area contributed by atoms with Crippen molar-refractivity contribution in [1.82, 2.24) is 0 Å². The topological polar surface area (TPSA) is 84.9 Å². The summed E-state index contributed by atoms with van der Waals surface area (Å²) in [7, 11) is 0. The molecule has 15 heavy (non-hydrogen) atoms. The lowest BCUT2D eigenvalue weighted by molar-refractivity contribution is -0.132. The molecule has 0 bridgehead atoms. The second kappa shape index (κ2) is 4.59. The van der Waals surface area contributed by atoms with Crippen LogP contribution < -0.4 is 0 Å². The first-order valence-corrected chi connectivity index (χ1v) is 4.02. The van der Waals surface area contributed by atoms with Crippen LogP contribution in [-0.2, 0) is 4.79 Å². The molecule has 1 N–H and O–H groups in total. The fraction of sp³-hybridized carbons (Fsp3) is 0. The molecular weight excluding hydrogens is 192 g/mol. The van der Waals surface area contributed by atoms with Gasteiger partial charge >= 0.3 is 5.97 Å². The molecule has 0 saturated carbocycles. The molecule has 0 fully saturated rings. The summed E-state index contributed by atoms with van der Waals surface area (Å²) in [6.45, 7) is 0. The minimum absolute atomic E-state index is 0.334. The Kier molecular flexibility index (Phi) is 3.21. The maximum Gasteiger partial charge on any atom is 0.346 e. The molecule has 0 amide bonds. The monoisotopic (exact) mass is 198 g/mol. The van der Waals surface area contributed by atoms with E-state index < -0.39 is 5.97 Å². The lowest BCUT2D eigenvalue weighted by Gasteiger charge is -1.94. The van der Waals surface area contributed by atoms with Crippen LogP contribution in [0.25, 0.3) is 6.08 Å². The molecule has 0 aliphatic heterocycles. The molecule has 1 rings (SSSR count). The van der Waals surface area contributed by atoms with Gasteiger partial charge in [-0.1, -0.05) is 12.1 Å². The average molecular weight is 198 g/mol. The predicted molar refractivity (Wildman–Crippen MR) is 52.4 cm³/mol. The van der Waals surface area contributed by atoms with Gasteiger partial charge in [0.15, 0.2) is 0 Å². The Balaban J connectivity index is 3.05. The normalized spacial score (nSPS) is 10.1. The van der Waals surface area contributed by atoms with Gasteiger partial charge < -0.3 is 5.11 Å². The van der Waals surface area contributed by atoms with Gasteiger partial charge in [-0.2, -0.15) is 10.5 Å². The number of nitriles is 2. The zero-order valence-corrected chi connectivity index (χ0v) is 7.64. The van der Waals surface area contributed by atoms with Gasteiger partial charge in [0, 0.05) is 0 Å². The molecule has 0 heterocycles. The fourth-order valence-electron chi connectivity index (χ4n) is 0.962. The maximum atomic E-state index is 10.5. The van der Waals surface area contributed by atoms with Crippen molar-refractivity contribution < 1.29 is 9.90 Å². The molecule has 0 spiro atoms. The zero-order chi connectivity index (χ0) is 11.3. The van der Waals surface area contributed by atoms with Gasteiger partial charge in [0.25, 0.3) is 0 Å². The van der Waals surface area contributed by atoms with Crippen LogP contribution in [0.4, 0.5) is 0 Å². The van der Waals surface area contributed by atoms with Crippen molar-refractivity contribution in [2.75, 3.05) is 0 Å². The van der Waals surface area contributed by atoms with E-state index in [0.717, 1.165) is 0 Å². The van der Waals surface area contributed by atoms with Crippen molar-refractivity contribution >= 4 is 12.0 Å². The summed E-state index contributed by atoms with van der Waals surface area (Å²) in [6.07, 6.45) is 1.25. The van der Waals surface area contributed by atoms with Gasteiger partial charge in [0.2, 0.25) is 0 Å². The van der Waals surface area contributed by atoms with Crippen LogP contribution in [0.2, 0.25) is 0 Å². The molecule has 0 saturated heterocycles. The van der Waals surface area contributed by atoms with Crippen LogP contribution in [0, 0.1) is 22.7 Å². The highest BCUT2D eigenvalue weighted by molar-refractivity contribution is 5.96. The van der Waals surface area contributed by atoms with Crippen molar-refractivity contribution in [2.45, 2.75) is 0 Å². The first kappa shape index (κ1) is 10.5. The van der Waals surface area contributed by atoms with E-state index in [1.54, 1.807) is 30.3 Å². The van der Waals surface area contributed by atoms with Crippen molar-refractivity contribution in [2.24, 2.45) is 0 Å². The third-order valence-corrected chi connectivity index (χ3v) is 1.70. The van der Waals surface area contributed by atoms with Gasteiger partial charge in [-0.25, -0.2) is 4.79 Å². The number of carbonyl (C=O) groups is 1. The molecule has 1 aromatic rings. The first-order valence-electron chi connectivity index (χ1n) is 4.02. The molecule has 0 aromatic heterocycles. The van der Waals surface area contributed by atoms with Gasteiger partial charge in [0.05, 0.1) is 11.6 Å². The van der Waals surface area contributed by atoms with Crippen LogP contribution in [0.15, 0.2) is 29.8 Å². The number of carboxylic acid groups (broad SMARTS) is 1. The van der Waals surface area contributed by atoms with E-state index >= 15 is 0 Å². The smallest absolute Gasteiger partial charge is 0.346 e. The molecule has 72 valence electrons. The Labute approximate surface area is 86.3 Å². The van der Waals surface area contributed by atoms with E-state index in [2.05, 4.69) is 0 Å². The molecule has 4 nitrogen and oxygen atoms in total. The Morgan fingerprint density at radius 2 is 1.87 bits per heavy atom. The van der Waals surface area contributed by atoms with Crippen LogP contribution >= 0.6 is 0 Å². The molecule has 1 aromatic carbocycles. The highest BCUT2D eigenvalue weighted by Gasteiger charge is 2.04. The molecule has 0 aliphatic rings. The number of carboxylic acids is 1. The van der Waals surface area contributed by atoms with Crippen molar-refractivity contribution in [3.8, 4) is 12.1 Å². The van der Waals surface area contributed by atoms with Crippen molar-refractivity contribution in [1.29, 1.82) is 10.5 Å². The Hall–Kier alpha value is -2.59. The van der Waals surface area contributed by atoms with E-state index in [1.165, 1.54) is 6.08 Å². The molecule has 0 aliphatic carbocycles. The first-order chi connectivity index (χ1) is 7.17. The van der Waals surface area contributed by atoms with E-state index in [0.29, 0.717) is 11.1 Å². The summed E-state index contributed by atoms with van der Waals surface area (Å²) in [5, 5.41) is 25.6. The standard InChI is InChI=1S/C11H6N2O2/c12-6-9-3-1-8(2-4-9)5-10(7-13)11(14)15/h1-5H,(H,14,15). The molecule has 0 radical (unpaired) electrons. The van der Waals surface area contributed by atoms with Crippen molar-refractivity contribution in [3.63, 3.8) is 0 Å². The van der Waals surface area contributed by atoms with Gasteiger partial charge in [-0.15, -0.1) is 0 Å².